The maximum Gasteiger partial charge on any atom is 0.0965 e. The van der Waals surface area contributed by atoms with Crippen molar-refractivity contribution in [1.82, 2.24) is 5.32 Å². The lowest BCUT2D eigenvalue weighted by atomic mass is 9.73. The fourth-order valence-corrected chi connectivity index (χ4v) is 4.41. The standard InChI is InChI=1S/C21H16Cl3N/c22-16-7-5-15(6-8-16)21(19-10-9-17(23)13-20(19)24)18-4-2-1-3-14(18)11-12-25-21/h1-10,13,25H,11-12H2. The first-order chi connectivity index (χ1) is 12.1. The van der Waals surface area contributed by atoms with Crippen LogP contribution in [0.2, 0.25) is 15.1 Å². The summed E-state index contributed by atoms with van der Waals surface area (Å²) >= 11 is 18.9. The van der Waals surface area contributed by atoms with Gasteiger partial charge in [0.1, 0.15) is 0 Å². The molecule has 1 heterocycles. The van der Waals surface area contributed by atoms with E-state index in [-0.39, 0.29) is 0 Å². The van der Waals surface area contributed by atoms with Gasteiger partial charge in [-0.25, -0.2) is 0 Å². The van der Waals surface area contributed by atoms with E-state index in [9.17, 15) is 0 Å². The third kappa shape index (κ3) is 2.86. The Hall–Kier alpha value is -1.51. The molecule has 25 heavy (non-hydrogen) atoms. The smallest absolute Gasteiger partial charge is 0.0965 e. The van der Waals surface area contributed by atoms with E-state index in [1.807, 2.05) is 24.3 Å². The lowest BCUT2D eigenvalue weighted by Crippen LogP contribution is -2.49. The predicted octanol–water partition coefficient (Wildman–Crippen LogP) is 6.08. The highest BCUT2D eigenvalue weighted by Crippen LogP contribution is 2.44. The minimum atomic E-state index is -0.527. The van der Waals surface area contributed by atoms with Crippen molar-refractivity contribution in [3.8, 4) is 0 Å². The van der Waals surface area contributed by atoms with Gasteiger partial charge in [0.25, 0.3) is 0 Å². The highest BCUT2D eigenvalue weighted by atomic mass is 35.5. The molecule has 0 fully saturated rings. The van der Waals surface area contributed by atoms with E-state index >= 15 is 0 Å². The minimum Gasteiger partial charge on any atom is -0.300 e. The summed E-state index contributed by atoms with van der Waals surface area (Å²) < 4.78 is 0. The van der Waals surface area contributed by atoms with Gasteiger partial charge in [-0.05, 0) is 52.9 Å². The van der Waals surface area contributed by atoms with Crippen LogP contribution in [0.4, 0.5) is 0 Å². The van der Waals surface area contributed by atoms with E-state index in [2.05, 4.69) is 41.7 Å². The zero-order chi connectivity index (χ0) is 17.4. The second kappa shape index (κ2) is 6.66. The summed E-state index contributed by atoms with van der Waals surface area (Å²) in [5, 5.41) is 5.72. The third-order valence-corrected chi connectivity index (χ3v) is 5.62. The van der Waals surface area contributed by atoms with E-state index in [0.717, 1.165) is 24.1 Å². The lowest BCUT2D eigenvalue weighted by molar-refractivity contribution is 0.447. The summed E-state index contributed by atoms with van der Waals surface area (Å²) in [6.07, 6.45) is 0.983. The number of benzene rings is 3. The van der Waals surface area contributed by atoms with E-state index < -0.39 is 5.54 Å². The van der Waals surface area contributed by atoms with Gasteiger partial charge in [-0.1, -0.05) is 77.3 Å². The number of fused-ring (bicyclic) bond motifs is 1. The molecule has 1 nitrogen and oxygen atoms in total. The van der Waals surface area contributed by atoms with Gasteiger partial charge in [-0.15, -0.1) is 0 Å². The fourth-order valence-electron chi connectivity index (χ4n) is 3.73. The van der Waals surface area contributed by atoms with Gasteiger partial charge in [0.05, 0.1) is 5.54 Å². The molecule has 0 bridgehead atoms. The SMILES string of the molecule is Clc1ccc(C2(c3ccc(Cl)cc3Cl)NCCc3ccccc32)cc1. The summed E-state index contributed by atoms with van der Waals surface area (Å²) in [6.45, 7) is 0.860. The summed E-state index contributed by atoms with van der Waals surface area (Å²) in [6, 6.07) is 22.2. The van der Waals surface area contributed by atoms with Gasteiger partial charge in [0, 0.05) is 21.6 Å². The summed E-state index contributed by atoms with van der Waals surface area (Å²) in [7, 11) is 0. The Kier molecular flexibility index (Phi) is 4.51. The molecule has 0 aliphatic carbocycles. The second-order valence-corrected chi connectivity index (χ2v) is 7.50. The number of hydrogen-bond donors (Lipinski definition) is 1. The van der Waals surface area contributed by atoms with Crippen molar-refractivity contribution in [3.05, 3.63) is 104 Å². The van der Waals surface area contributed by atoms with Crippen LogP contribution in [0.1, 0.15) is 22.3 Å². The Labute approximate surface area is 162 Å². The van der Waals surface area contributed by atoms with Crippen LogP contribution in [-0.4, -0.2) is 6.54 Å². The topological polar surface area (TPSA) is 12.0 Å². The first-order valence-electron chi connectivity index (χ1n) is 8.16. The molecule has 1 aliphatic heterocycles. The molecule has 1 unspecified atom stereocenters. The molecule has 1 aliphatic rings. The van der Waals surface area contributed by atoms with E-state index in [1.165, 1.54) is 11.1 Å². The summed E-state index contributed by atoms with van der Waals surface area (Å²) in [4.78, 5) is 0. The van der Waals surface area contributed by atoms with Crippen molar-refractivity contribution in [2.45, 2.75) is 12.0 Å². The normalized spacial score (nSPS) is 19.5. The zero-order valence-electron chi connectivity index (χ0n) is 13.4. The molecule has 4 heteroatoms. The van der Waals surface area contributed by atoms with Crippen molar-refractivity contribution >= 4 is 34.8 Å². The van der Waals surface area contributed by atoms with Crippen LogP contribution in [-0.2, 0) is 12.0 Å². The number of halogens is 3. The van der Waals surface area contributed by atoms with Crippen LogP contribution >= 0.6 is 34.8 Å². The minimum absolute atomic E-state index is 0.527. The van der Waals surface area contributed by atoms with Gasteiger partial charge in [-0.2, -0.15) is 0 Å². The van der Waals surface area contributed by atoms with E-state index in [4.69, 9.17) is 34.8 Å². The van der Waals surface area contributed by atoms with Gasteiger partial charge in [0.15, 0.2) is 0 Å². The summed E-state index contributed by atoms with van der Waals surface area (Å²) in [5.41, 5.74) is 4.11. The average Bonchev–Trinajstić information content (AvgIpc) is 2.62. The predicted molar refractivity (Wildman–Crippen MR) is 106 cm³/mol. The maximum absolute atomic E-state index is 6.65. The Morgan fingerprint density at radius 1 is 0.760 bits per heavy atom. The highest BCUT2D eigenvalue weighted by Gasteiger charge is 2.41. The fraction of sp³-hybridized carbons (Fsp3) is 0.143. The van der Waals surface area contributed by atoms with E-state index in [0.29, 0.717) is 15.1 Å². The molecule has 1 atom stereocenters. The van der Waals surface area contributed by atoms with Crippen molar-refractivity contribution < 1.29 is 0 Å². The van der Waals surface area contributed by atoms with Crippen LogP contribution in [0.5, 0.6) is 0 Å². The molecule has 0 spiro atoms. The van der Waals surface area contributed by atoms with Gasteiger partial charge >= 0.3 is 0 Å². The molecule has 3 aromatic rings. The average molecular weight is 389 g/mol. The quantitative estimate of drug-likeness (QED) is 0.560. The van der Waals surface area contributed by atoms with Gasteiger partial charge in [-0.3, -0.25) is 5.32 Å². The molecule has 3 aromatic carbocycles. The van der Waals surface area contributed by atoms with Crippen LogP contribution in [0.3, 0.4) is 0 Å². The molecule has 126 valence electrons. The Morgan fingerprint density at radius 2 is 1.48 bits per heavy atom. The van der Waals surface area contributed by atoms with Gasteiger partial charge < -0.3 is 0 Å². The van der Waals surface area contributed by atoms with Crippen LogP contribution in [0, 0.1) is 0 Å². The molecule has 0 saturated heterocycles. The molecule has 1 N–H and O–H groups in total. The zero-order valence-corrected chi connectivity index (χ0v) is 15.7. The molecular formula is C21H16Cl3N. The highest BCUT2D eigenvalue weighted by molar-refractivity contribution is 6.35. The lowest BCUT2D eigenvalue weighted by Gasteiger charge is -2.42. The maximum atomic E-state index is 6.65. The monoisotopic (exact) mass is 387 g/mol. The number of hydrogen-bond acceptors (Lipinski definition) is 1. The third-order valence-electron chi connectivity index (χ3n) is 4.82. The Balaban J connectivity index is 2.05. The molecule has 0 aromatic heterocycles. The molecule has 0 amide bonds. The Bertz CT molecular complexity index is 921. The van der Waals surface area contributed by atoms with Crippen LogP contribution < -0.4 is 5.32 Å². The van der Waals surface area contributed by atoms with Crippen LogP contribution in [0.15, 0.2) is 66.7 Å². The number of rotatable bonds is 2. The Morgan fingerprint density at radius 3 is 2.24 bits per heavy atom. The molecule has 0 radical (unpaired) electrons. The van der Waals surface area contributed by atoms with Crippen LogP contribution in [0.25, 0.3) is 0 Å². The molecular weight excluding hydrogens is 373 g/mol. The van der Waals surface area contributed by atoms with Gasteiger partial charge in [0.2, 0.25) is 0 Å². The van der Waals surface area contributed by atoms with Crippen molar-refractivity contribution in [2.75, 3.05) is 6.54 Å². The first-order valence-corrected chi connectivity index (χ1v) is 9.29. The molecule has 0 saturated carbocycles. The van der Waals surface area contributed by atoms with E-state index in [1.54, 1.807) is 6.07 Å². The first kappa shape index (κ1) is 16.9. The largest absolute Gasteiger partial charge is 0.300 e. The van der Waals surface area contributed by atoms with Crippen molar-refractivity contribution in [1.29, 1.82) is 0 Å². The number of nitrogens with one attached hydrogen (secondary N) is 1. The van der Waals surface area contributed by atoms with Crippen molar-refractivity contribution in [2.24, 2.45) is 0 Å². The van der Waals surface area contributed by atoms with Crippen molar-refractivity contribution in [3.63, 3.8) is 0 Å². The summed E-state index contributed by atoms with van der Waals surface area (Å²) in [5.74, 6) is 0. The molecule has 4 rings (SSSR count). The second-order valence-electron chi connectivity index (χ2n) is 6.21.